The lowest BCUT2D eigenvalue weighted by atomic mass is 10.1. The van der Waals surface area contributed by atoms with E-state index >= 15 is 0 Å². The molecule has 5 heteroatoms. The van der Waals surface area contributed by atoms with Crippen LogP contribution in [0, 0.1) is 5.82 Å². The van der Waals surface area contributed by atoms with Crippen molar-refractivity contribution >= 4 is 15.9 Å². The average molecular weight is 410 g/mol. The fraction of sp³-hybridized carbons (Fsp3) is 0.400. The van der Waals surface area contributed by atoms with Gasteiger partial charge in [0.1, 0.15) is 5.82 Å². The van der Waals surface area contributed by atoms with Crippen LogP contribution in [0.25, 0.3) is 0 Å². The van der Waals surface area contributed by atoms with Crippen molar-refractivity contribution in [3.8, 4) is 11.5 Å². The number of hydrogen-bond acceptors (Lipinski definition) is 3. The number of nitrogens with one attached hydrogen (secondary N) is 1. The molecular weight excluding hydrogens is 385 g/mol. The highest BCUT2D eigenvalue weighted by atomic mass is 79.9. The summed E-state index contributed by atoms with van der Waals surface area (Å²) in [6, 6.07) is 10.7. The molecule has 0 aromatic heterocycles. The molecule has 2 aromatic carbocycles. The van der Waals surface area contributed by atoms with Crippen LogP contribution in [0.5, 0.6) is 11.5 Å². The SMILES string of the molecule is CCOc1cc(CNCCc2ccc(F)cc2)cc(Br)c1OC(C)C. The molecule has 0 aliphatic carbocycles. The van der Waals surface area contributed by atoms with Gasteiger partial charge in [-0.15, -0.1) is 0 Å². The molecule has 0 aliphatic heterocycles. The van der Waals surface area contributed by atoms with Gasteiger partial charge in [-0.25, -0.2) is 4.39 Å². The van der Waals surface area contributed by atoms with Crippen molar-refractivity contribution in [2.75, 3.05) is 13.2 Å². The number of hydrogen-bond donors (Lipinski definition) is 1. The van der Waals surface area contributed by atoms with E-state index < -0.39 is 0 Å². The van der Waals surface area contributed by atoms with Gasteiger partial charge in [0.05, 0.1) is 17.2 Å². The van der Waals surface area contributed by atoms with E-state index in [-0.39, 0.29) is 11.9 Å². The fourth-order valence-electron chi connectivity index (χ4n) is 2.45. The Morgan fingerprint density at radius 1 is 1.12 bits per heavy atom. The Kier molecular flexibility index (Phi) is 7.72. The minimum Gasteiger partial charge on any atom is -0.490 e. The molecule has 0 aliphatic rings. The van der Waals surface area contributed by atoms with Crippen LogP contribution < -0.4 is 14.8 Å². The lowest BCUT2D eigenvalue weighted by Crippen LogP contribution is -2.17. The van der Waals surface area contributed by atoms with Gasteiger partial charge in [0.15, 0.2) is 11.5 Å². The summed E-state index contributed by atoms with van der Waals surface area (Å²) in [7, 11) is 0. The molecule has 0 fully saturated rings. The van der Waals surface area contributed by atoms with Crippen LogP contribution in [-0.2, 0) is 13.0 Å². The molecule has 1 N–H and O–H groups in total. The van der Waals surface area contributed by atoms with E-state index in [0.29, 0.717) is 6.61 Å². The molecule has 0 atom stereocenters. The van der Waals surface area contributed by atoms with Gasteiger partial charge in [0.25, 0.3) is 0 Å². The highest BCUT2D eigenvalue weighted by Crippen LogP contribution is 2.37. The average Bonchev–Trinajstić information content (AvgIpc) is 2.56. The molecule has 0 saturated heterocycles. The van der Waals surface area contributed by atoms with Crippen molar-refractivity contribution in [1.29, 1.82) is 0 Å². The predicted octanol–water partition coefficient (Wildman–Crippen LogP) is 5.11. The maximum Gasteiger partial charge on any atom is 0.175 e. The van der Waals surface area contributed by atoms with Crippen molar-refractivity contribution in [3.05, 3.63) is 57.8 Å². The van der Waals surface area contributed by atoms with Crippen LogP contribution in [0.4, 0.5) is 4.39 Å². The Hall–Kier alpha value is -1.59. The third kappa shape index (κ3) is 6.33. The van der Waals surface area contributed by atoms with Crippen LogP contribution in [0.1, 0.15) is 31.9 Å². The van der Waals surface area contributed by atoms with Gasteiger partial charge in [-0.3, -0.25) is 0 Å². The minimum atomic E-state index is -0.200. The smallest absolute Gasteiger partial charge is 0.175 e. The second-order valence-corrected chi connectivity index (χ2v) is 6.91. The van der Waals surface area contributed by atoms with E-state index in [1.54, 1.807) is 0 Å². The monoisotopic (exact) mass is 409 g/mol. The summed E-state index contributed by atoms with van der Waals surface area (Å²) in [5.41, 5.74) is 2.23. The molecule has 136 valence electrons. The van der Waals surface area contributed by atoms with E-state index in [4.69, 9.17) is 9.47 Å². The molecule has 0 spiro atoms. The first-order valence-electron chi connectivity index (χ1n) is 8.56. The van der Waals surface area contributed by atoms with Gasteiger partial charge in [0.2, 0.25) is 0 Å². The maximum atomic E-state index is 12.9. The third-order valence-corrected chi connectivity index (χ3v) is 4.14. The van der Waals surface area contributed by atoms with Crippen molar-refractivity contribution < 1.29 is 13.9 Å². The summed E-state index contributed by atoms with van der Waals surface area (Å²) in [6.07, 6.45) is 0.934. The Balaban J connectivity index is 1.95. The molecule has 3 nitrogen and oxygen atoms in total. The second kappa shape index (κ2) is 9.78. The molecule has 2 aromatic rings. The zero-order valence-electron chi connectivity index (χ0n) is 14.9. The van der Waals surface area contributed by atoms with E-state index in [2.05, 4.69) is 21.2 Å². The van der Waals surface area contributed by atoms with Crippen LogP contribution in [0.3, 0.4) is 0 Å². The molecule has 0 amide bonds. The summed E-state index contributed by atoms with van der Waals surface area (Å²) >= 11 is 3.58. The van der Waals surface area contributed by atoms with Crippen molar-refractivity contribution in [1.82, 2.24) is 5.32 Å². The molecule has 0 bridgehead atoms. The standard InChI is InChI=1S/C20H25BrFNO2/c1-4-24-19-12-16(11-18(21)20(19)25-14(2)3)13-23-10-9-15-5-7-17(22)8-6-15/h5-8,11-12,14,23H,4,9-10,13H2,1-3H3. The first kappa shape index (κ1) is 19.7. The molecular formula is C20H25BrFNO2. The summed E-state index contributed by atoms with van der Waals surface area (Å²) in [5, 5.41) is 3.41. The van der Waals surface area contributed by atoms with Crippen LogP contribution in [-0.4, -0.2) is 19.3 Å². The van der Waals surface area contributed by atoms with Crippen LogP contribution in [0.2, 0.25) is 0 Å². The highest BCUT2D eigenvalue weighted by molar-refractivity contribution is 9.10. The van der Waals surface area contributed by atoms with E-state index in [1.807, 2.05) is 45.0 Å². The largest absolute Gasteiger partial charge is 0.490 e. The number of ether oxygens (including phenoxy) is 2. The maximum absolute atomic E-state index is 12.9. The summed E-state index contributed by atoms with van der Waals surface area (Å²) < 4.78 is 25.4. The Morgan fingerprint density at radius 2 is 1.84 bits per heavy atom. The third-order valence-electron chi connectivity index (χ3n) is 3.56. The van der Waals surface area contributed by atoms with Gasteiger partial charge < -0.3 is 14.8 Å². The minimum absolute atomic E-state index is 0.0789. The number of halogens is 2. The molecule has 25 heavy (non-hydrogen) atoms. The molecule has 0 saturated carbocycles. The molecule has 0 heterocycles. The molecule has 2 rings (SSSR count). The number of rotatable bonds is 9. The van der Waals surface area contributed by atoms with Crippen molar-refractivity contribution in [2.45, 2.75) is 39.8 Å². The highest BCUT2D eigenvalue weighted by Gasteiger charge is 2.13. The first-order chi connectivity index (χ1) is 12.0. The Morgan fingerprint density at radius 3 is 2.48 bits per heavy atom. The van der Waals surface area contributed by atoms with Gasteiger partial charge in [-0.2, -0.15) is 0 Å². The Labute approximate surface area is 157 Å². The van der Waals surface area contributed by atoms with Gasteiger partial charge in [0, 0.05) is 6.54 Å². The molecule has 0 radical (unpaired) electrons. The summed E-state index contributed by atoms with van der Waals surface area (Å²) in [4.78, 5) is 0. The van der Waals surface area contributed by atoms with Gasteiger partial charge in [-0.05, 0) is 85.1 Å². The van der Waals surface area contributed by atoms with Crippen LogP contribution in [0.15, 0.2) is 40.9 Å². The second-order valence-electron chi connectivity index (χ2n) is 6.06. The van der Waals surface area contributed by atoms with Gasteiger partial charge in [-0.1, -0.05) is 12.1 Å². The van der Waals surface area contributed by atoms with Crippen LogP contribution >= 0.6 is 15.9 Å². The topological polar surface area (TPSA) is 30.5 Å². The van der Waals surface area contributed by atoms with Gasteiger partial charge >= 0.3 is 0 Å². The first-order valence-corrected chi connectivity index (χ1v) is 9.36. The summed E-state index contributed by atoms with van der Waals surface area (Å²) in [5.74, 6) is 1.29. The van der Waals surface area contributed by atoms with Crippen molar-refractivity contribution in [3.63, 3.8) is 0 Å². The summed E-state index contributed by atoms with van der Waals surface area (Å²) in [6.45, 7) is 8.07. The Bertz CT molecular complexity index is 674. The zero-order valence-corrected chi connectivity index (χ0v) is 16.5. The lowest BCUT2D eigenvalue weighted by Gasteiger charge is -2.17. The lowest BCUT2D eigenvalue weighted by molar-refractivity contribution is 0.222. The van der Waals surface area contributed by atoms with Crippen molar-refractivity contribution in [2.24, 2.45) is 0 Å². The normalized spacial score (nSPS) is 11.0. The van der Waals surface area contributed by atoms with E-state index in [9.17, 15) is 4.39 Å². The van der Waals surface area contributed by atoms with E-state index in [0.717, 1.165) is 46.6 Å². The quantitative estimate of drug-likeness (QED) is 0.583. The predicted molar refractivity (Wildman–Crippen MR) is 103 cm³/mol. The fourth-order valence-corrected chi connectivity index (χ4v) is 3.04. The zero-order chi connectivity index (χ0) is 18.2. The van der Waals surface area contributed by atoms with E-state index in [1.165, 1.54) is 12.1 Å². The molecule has 0 unspecified atom stereocenters. The number of benzene rings is 2.